The van der Waals surface area contributed by atoms with E-state index in [1.165, 1.54) is 36.9 Å². The maximum atomic E-state index is 12.5. The molecule has 4 nitrogen and oxygen atoms in total. The Morgan fingerprint density at radius 3 is 2.30 bits per heavy atom. The third-order valence-corrected chi connectivity index (χ3v) is 5.21. The van der Waals surface area contributed by atoms with Crippen LogP contribution in [-0.4, -0.2) is 43.2 Å². The Hall–Kier alpha value is -1.71. The number of rotatable bonds is 2. The van der Waals surface area contributed by atoms with E-state index >= 15 is 0 Å². The lowest BCUT2D eigenvalue weighted by Crippen LogP contribution is -2.53. The van der Waals surface area contributed by atoms with Crippen LogP contribution in [0, 0.1) is 6.92 Å². The molecule has 1 aromatic carbocycles. The van der Waals surface area contributed by atoms with E-state index in [0.717, 1.165) is 39.0 Å². The van der Waals surface area contributed by atoms with Gasteiger partial charge in [0.15, 0.2) is 0 Å². The van der Waals surface area contributed by atoms with Gasteiger partial charge < -0.3 is 15.1 Å². The van der Waals surface area contributed by atoms with Gasteiger partial charge in [-0.2, -0.15) is 0 Å². The summed E-state index contributed by atoms with van der Waals surface area (Å²) in [5.74, 6) is 0. The molecule has 2 fully saturated rings. The number of hydrogen-bond donors (Lipinski definition) is 1. The van der Waals surface area contributed by atoms with Crippen LogP contribution in [0.2, 0.25) is 0 Å². The summed E-state index contributed by atoms with van der Waals surface area (Å²) >= 11 is 0. The highest BCUT2D eigenvalue weighted by molar-refractivity contribution is 5.75. The van der Waals surface area contributed by atoms with Crippen molar-refractivity contribution in [1.82, 2.24) is 10.2 Å². The van der Waals surface area contributed by atoms with Gasteiger partial charge in [-0.3, -0.25) is 0 Å². The second-order valence-corrected chi connectivity index (χ2v) is 6.90. The first-order chi connectivity index (χ1) is 11.2. The number of hydrogen-bond acceptors (Lipinski definition) is 2. The molecular formula is C19H29N3O. The largest absolute Gasteiger partial charge is 0.368 e. The summed E-state index contributed by atoms with van der Waals surface area (Å²) < 4.78 is 0. The quantitative estimate of drug-likeness (QED) is 0.847. The van der Waals surface area contributed by atoms with Crippen molar-refractivity contribution in [3.63, 3.8) is 0 Å². The highest BCUT2D eigenvalue weighted by atomic mass is 16.2. The molecule has 0 atom stereocenters. The Morgan fingerprint density at radius 1 is 1.00 bits per heavy atom. The topological polar surface area (TPSA) is 35.6 Å². The number of piperazine rings is 1. The molecule has 126 valence electrons. The average molecular weight is 315 g/mol. The zero-order valence-corrected chi connectivity index (χ0v) is 14.3. The third kappa shape index (κ3) is 4.18. The van der Waals surface area contributed by atoms with Crippen LogP contribution in [0.25, 0.3) is 0 Å². The summed E-state index contributed by atoms with van der Waals surface area (Å²) in [5, 5.41) is 3.26. The second kappa shape index (κ2) is 7.71. The summed E-state index contributed by atoms with van der Waals surface area (Å²) in [4.78, 5) is 16.9. The van der Waals surface area contributed by atoms with E-state index in [1.54, 1.807) is 0 Å². The summed E-state index contributed by atoms with van der Waals surface area (Å²) in [6.07, 6.45) is 7.45. The van der Waals surface area contributed by atoms with Gasteiger partial charge in [0.1, 0.15) is 0 Å². The molecule has 1 aliphatic heterocycles. The molecule has 2 amide bonds. The summed E-state index contributed by atoms with van der Waals surface area (Å²) in [6, 6.07) is 9.03. The molecule has 3 rings (SSSR count). The van der Waals surface area contributed by atoms with Crippen molar-refractivity contribution in [2.45, 2.75) is 51.5 Å². The molecule has 0 radical (unpaired) electrons. The van der Waals surface area contributed by atoms with Crippen LogP contribution >= 0.6 is 0 Å². The number of para-hydroxylation sites is 1. The molecule has 1 saturated heterocycles. The van der Waals surface area contributed by atoms with Gasteiger partial charge in [0.25, 0.3) is 0 Å². The first-order valence-electron chi connectivity index (χ1n) is 9.10. The predicted octanol–water partition coefficient (Wildman–Crippen LogP) is 3.55. The highest BCUT2D eigenvalue weighted by Crippen LogP contribution is 2.21. The Morgan fingerprint density at radius 2 is 1.65 bits per heavy atom. The molecule has 0 bridgehead atoms. The number of benzene rings is 1. The van der Waals surface area contributed by atoms with Gasteiger partial charge in [-0.1, -0.05) is 43.9 Å². The van der Waals surface area contributed by atoms with Gasteiger partial charge in [-0.15, -0.1) is 0 Å². The van der Waals surface area contributed by atoms with Crippen LogP contribution in [0.4, 0.5) is 10.5 Å². The minimum absolute atomic E-state index is 0.140. The zero-order chi connectivity index (χ0) is 16.1. The molecule has 0 unspecified atom stereocenters. The molecule has 1 N–H and O–H groups in total. The standard InChI is InChI=1S/C19H29N3O/c1-16-8-6-7-11-18(16)21-12-14-22(15-13-21)19(23)20-17-9-4-2-3-5-10-17/h6-8,11,17H,2-5,9-10,12-15H2,1H3,(H,20,23). The van der Waals surface area contributed by atoms with Crippen LogP contribution in [-0.2, 0) is 0 Å². The number of amides is 2. The van der Waals surface area contributed by atoms with E-state index in [0.29, 0.717) is 6.04 Å². The summed E-state index contributed by atoms with van der Waals surface area (Å²) in [5.41, 5.74) is 2.61. The predicted molar refractivity (Wildman–Crippen MR) is 95.0 cm³/mol. The molecule has 1 aromatic rings. The number of aryl methyl sites for hydroxylation is 1. The van der Waals surface area contributed by atoms with Gasteiger partial charge in [-0.25, -0.2) is 4.79 Å². The molecular weight excluding hydrogens is 286 g/mol. The smallest absolute Gasteiger partial charge is 0.317 e. The van der Waals surface area contributed by atoms with Gasteiger partial charge in [0, 0.05) is 37.9 Å². The number of carbonyl (C=O) groups is 1. The maximum absolute atomic E-state index is 12.5. The number of anilines is 1. The molecule has 0 aromatic heterocycles. The van der Waals surface area contributed by atoms with Gasteiger partial charge in [0.05, 0.1) is 0 Å². The fourth-order valence-electron chi connectivity index (χ4n) is 3.76. The van der Waals surface area contributed by atoms with Crippen LogP contribution in [0.1, 0.15) is 44.1 Å². The average Bonchev–Trinajstić information content (AvgIpc) is 2.84. The molecule has 4 heteroatoms. The van der Waals surface area contributed by atoms with Gasteiger partial charge in [-0.05, 0) is 31.4 Å². The fourth-order valence-corrected chi connectivity index (χ4v) is 3.76. The lowest BCUT2D eigenvalue weighted by Gasteiger charge is -2.37. The SMILES string of the molecule is Cc1ccccc1N1CCN(C(=O)NC2CCCCCC2)CC1. The minimum Gasteiger partial charge on any atom is -0.368 e. The monoisotopic (exact) mass is 315 g/mol. The first kappa shape index (κ1) is 16.2. The highest BCUT2D eigenvalue weighted by Gasteiger charge is 2.24. The van der Waals surface area contributed by atoms with Crippen molar-refractivity contribution in [1.29, 1.82) is 0 Å². The molecule has 0 spiro atoms. The number of urea groups is 1. The molecule has 1 saturated carbocycles. The van der Waals surface area contributed by atoms with Crippen molar-refractivity contribution in [2.24, 2.45) is 0 Å². The van der Waals surface area contributed by atoms with Gasteiger partial charge in [0.2, 0.25) is 0 Å². The van der Waals surface area contributed by atoms with Crippen LogP contribution in [0.5, 0.6) is 0 Å². The van der Waals surface area contributed by atoms with Crippen molar-refractivity contribution in [2.75, 3.05) is 31.1 Å². The van der Waals surface area contributed by atoms with E-state index in [1.807, 2.05) is 4.90 Å². The summed E-state index contributed by atoms with van der Waals surface area (Å²) in [6.45, 7) is 5.62. The van der Waals surface area contributed by atoms with E-state index in [9.17, 15) is 4.79 Å². The number of nitrogens with zero attached hydrogens (tertiary/aromatic N) is 2. The van der Waals surface area contributed by atoms with E-state index < -0.39 is 0 Å². The fraction of sp³-hybridized carbons (Fsp3) is 0.632. The second-order valence-electron chi connectivity index (χ2n) is 6.90. The lowest BCUT2D eigenvalue weighted by atomic mass is 10.1. The van der Waals surface area contributed by atoms with Gasteiger partial charge >= 0.3 is 6.03 Å². The Labute approximate surface area is 139 Å². The van der Waals surface area contributed by atoms with E-state index in [-0.39, 0.29) is 6.03 Å². The Kier molecular flexibility index (Phi) is 5.42. The third-order valence-electron chi connectivity index (χ3n) is 5.21. The lowest BCUT2D eigenvalue weighted by molar-refractivity contribution is 0.189. The maximum Gasteiger partial charge on any atom is 0.317 e. The first-order valence-corrected chi connectivity index (χ1v) is 9.10. The van der Waals surface area contributed by atoms with Crippen LogP contribution < -0.4 is 10.2 Å². The van der Waals surface area contributed by atoms with Crippen molar-refractivity contribution >= 4 is 11.7 Å². The van der Waals surface area contributed by atoms with Crippen LogP contribution in [0.3, 0.4) is 0 Å². The zero-order valence-electron chi connectivity index (χ0n) is 14.3. The molecule has 1 heterocycles. The van der Waals surface area contributed by atoms with Crippen molar-refractivity contribution in [3.05, 3.63) is 29.8 Å². The van der Waals surface area contributed by atoms with Crippen LogP contribution in [0.15, 0.2) is 24.3 Å². The normalized spacial score (nSPS) is 20.2. The van der Waals surface area contributed by atoms with E-state index in [2.05, 4.69) is 41.4 Å². The molecule has 23 heavy (non-hydrogen) atoms. The number of carbonyl (C=O) groups excluding carboxylic acids is 1. The minimum atomic E-state index is 0.140. The van der Waals surface area contributed by atoms with Crippen molar-refractivity contribution in [3.8, 4) is 0 Å². The van der Waals surface area contributed by atoms with E-state index in [4.69, 9.17) is 0 Å². The van der Waals surface area contributed by atoms with Crippen molar-refractivity contribution < 1.29 is 4.79 Å². The molecule has 1 aliphatic carbocycles. The molecule has 2 aliphatic rings. The Bertz CT molecular complexity index is 515. The number of nitrogens with one attached hydrogen (secondary N) is 1. The summed E-state index contributed by atoms with van der Waals surface area (Å²) in [7, 11) is 0. The Balaban J connectivity index is 1.50.